The Kier molecular flexibility index (Phi) is 15.2. The molecule has 2 amide bonds. The van der Waals surface area contributed by atoms with Crippen LogP contribution in [0.4, 0.5) is 0 Å². The van der Waals surface area contributed by atoms with Gasteiger partial charge in [-0.3, -0.25) is 9.59 Å². The van der Waals surface area contributed by atoms with Gasteiger partial charge in [-0.2, -0.15) is 0 Å². The van der Waals surface area contributed by atoms with Gasteiger partial charge in [0.15, 0.2) is 21.4 Å². The zero-order valence-electron chi connectivity index (χ0n) is 29.9. The van der Waals surface area contributed by atoms with Gasteiger partial charge in [0.05, 0.1) is 17.1 Å². The van der Waals surface area contributed by atoms with E-state index in [0.717, 1.165) is 5.57 Å². The smallest absolute Gasteiger partial charge is 0.330 e. The average Bonchev–Trinajstić information content (AvgIpc) is 3.72. The van der Waals surface area contributed by atoms with Crippen molar-refractivity contribution in [2.45, 2.75) is 90.3 Å². The lowest BCUT2D eigenvalue weighted by molar-refractivity contribution is -0.157. The van der Waals surface area contributed by atoms with Gasteiger partial charge in [-0.25, -0.2) is 18.2 Å². The second-order valence-corrected chi connectivity index (χ2v) is 15.5. The molecule has 0 radical (unpaired) electrons. The van der Waals surface area contributed by atoms with Crippen molar-refractivity contribution in [3.8, 4) is 0 Å². The molecule has 0 aromatic carbocycles. The van der Waals surface area contributed by atoms with Gasteiger partial charge in [-0.1, -0.05) is 64.5 Å². The summed E-state index contributed by atoms with van der Waals surface area (Å²) < 4.78 is 39.3. The van der Waals surface area contributed by atoms with Gasteiger partial charge in [0.1, 0.15) is 18.4 Å². The fourth-order valence-electron chi connectivity index (χ4n) is 6.34. The van der Waals surface area contributed by atoms with Crippen molar-refractivity contribution in [3.05, 3.63) is 53.8 Å². The van der Waals surface area contributed by atoms with Crippen LogP contribution in [0.1, 0.15) is 70.8 Å². The number of hydrogen-bond acceptors (Lipinski definition) is 11. The molecule has 0 aliphatic carbocycles. The van der Waals surface area contributed by atoms with E-state index in [1.54, 1.807) is 25.3 Å². The first kappa shape index (κ1) is 40.1. The number of likely N-dealkylation sites (N-methyl/N-ethyl adjacent to an activating group) is 1. The number of oxazole rings is 1. The largest absolute Gasteiger partial charge is 0.460 e. The van der Waals surface area contributed by atoms with Crippen molar-refractivity contribution in [1.29, 1.82) is 0 Å². The fourth-order valence-corrected chi connectivity index (χ4v) is 8.27. The van der Waals surface area contributed by atoms with E-state index >= 15 is 0 Å². The molecule has 0 saturated carbocycles. The summed E-state index contributed by atoms with van der Waals surface area (Å²) in [4.78, 5) is 48.2. The maximum Gasteiger partial charge on any atom is 0.330 e. The van der Waals surface area contributed by atoms with Crippen molar-refractivity contribution in [1.82, 2.24) is 25.4 Å². The van der Waals surface area contributed by atoms with Crippen molar-refractivity contribution in [2.75, 3.05) is 45.5 Å². The number of esters is 1. The SMILES string of the molecule is CCN(CC)CCS(=O)(=O)[C@@H]1CCN2C(=O)c3coc(n3)C[C@@H](NC)C[C@H](O)/C=C(C)/C=C/CNC(=O)/C=C/[C@@H](C)[C@@H](C(C)C)OC(=O)[C@@H]12. The van der Waals surface area contributed by atoms with Crippen molar-refractivity contribution in [2.24, 2.45) is 11.8 Å². The third-order valence-electron chi connectivity index (χ3n) is 9.23. The number of amides is 2. The van der Waals surface area contributed by atoms with Crippen molar-refractivity contribution >= 4 is 27.6 Å². The Morgan fingerprint density at radius 3 is 2.55 bits per heavy atom. The van der Waals surface area contributed by atoms with Gasteiger partial charge < -0.3 is 34.7 Å². The molecule has 2 aliphatic rings. The van der Waals surface area contributed by atoms with E-state index in [-0.39, 0.29) is 61.1 Å². The van der Waals surface area contributed by atoms with Crippen LogP contribution in [0.5, 0.6) is 0 Å². The summed E-state index contributed by atoms with van der Waals surface area (Å²) >= 11 is 0. The number of aliphatic hydroxyl groups excluding tert-OH is 1. The quantitative estimate of drug-likeness (QED) is 0.339. The number of nitrogens with one attached hydrogen (secondary N) is 2. The Bertz CT molecular complexity index is 1470. The fraction of sp³-hybridized carbons (Fsp3) is 0.657. The normalized spacial score (nSPS) is 29.2. The van der Waals surface area contributed by atoms with E-state index in [0.29, 0.717) is 26.1 Å². The third kappa shape index (κ3) is 11.3. The summed E-state index contributed by atoms with van der Waals surface area (Å²) in [6.45, 7) is 13.3. The van der Waals surface area contributed by atoms with Crippen LogP contribution in [0.3, 0.4) is 0 Å². The molecule has 2 aliphatic heterocycles. The molecule has 1 fully saturated rings. The molecular weight excluding hydrogens is 650 g/mol. The summed E-state index contributed by atoms with van der Waals surface area (Å²) in [6, 6.07) is -1.64. The van der Waals surface area contributed by atoms with Gasteiger partial charge >= 0.3 is 5.97 Å². The highest BCUT2D eigenvalue weighted by atomic mass is 32.2. The predicted molar refractivity (Wildman–Crippen MR) is 187 cm³/mol. The molecule has 0 spiro atoms. The number of aromatic nitrogens is 1. The lowest BCUT2D eigenvalue weighted by Gasteiger charge is -2.31. The minimum absolute atomic E-state index is 0.0169. The van der Waals surface area contributed by atoms with Crippen LogP contribution in [0.15, 0.2) is 46.6 Å². The van der Waals surface area contributed by atoms with E-state index < -0.39 is 51.1 Å². The number of fused-ring (bicyclic) bond motifs is 3. The zero-order chi connectivity index (χ0) is 36.3. The van der Waals surface area contributed by atoms with Crippen LogP contribution in [0.25, 0.3) is 0 Å². The molecular formula is C35H55N5O8S. The van der Waals surface area contributed by atoms with Crippen LogP contribution in [-0.2, 0) is 30.6 Å². The van der Waals surface area contributed by atoms with Gasteiger partial charge in [-0.05, 0) is 51.9 Å². The number of aliphatic hydroxyl groups is 1. The molecule has 3 N–H and O–H groups in total. The van der Waals surface area contributed by atoms with Crippen LogP contribution in [0, 0.1) is 11.8 Å². The first-order chi connectivity index (χ1) is 23.2. The van der Waals surface area contributed by atoms with Crippen LogP contribution in [-0.4, -0.2) is 121 Å². The van der Waals surface area contributed by atoms with Crippen molar-refractivity contribution in [3.63, 3.8) is 0 Å². The molecule has 1 aromatic heterocycles. The highest BCUT2D eigenvalue weighted by Crippen LogP contribution is 2.30. The Labute approximate surface area is 291 Å². The predicted octanol–water partition coefficient (Wildman–Crippen LogP) is 2.29. The minimum Gasteiger partial charge on any atom is -0.460 e. The number of carbonyl (C=O) groups excluding carboxylic acids is 3. The number of rotatable bonds is 8. The number of nitrogens with zero attached hydrogens (tertiary/aromatic N) is 3. The maximum absolute atomic E-state index is 14.1. The lowest BCUT2D eigenvalue weighted by atomic mass is 9.94. The molecule has 14 heteroatoms. The number of ether oxygens (including phenoxy) is 1. The highest BCUT2D eigenvalue weighted by molar-refractivity contribution is 7.92. The van der Waals surface area contributed by atoms with E-state index in [1.807, 2.05) is 52.5 Å². The summed E-state index contributed by atoms with van der Waals surface area (Å²) in [5, 5.41) is 15.5. The molecule has 3 rings (SSSR count). The Balaban J connectivity index is 2.01. The van der Waals surface area contributed by atoms with Gasteiger partial charge in [-0.15, -0.1) is 0 Å². The lowest BCUT2D eigenvalue weighted by Crippen LogP contribution is -2.50. The molecule has 13 nitrogen and oxygen atoms in total. The Hall–Kier alpha value is -3.33. The molecule has 49 heavy (non-hydrogen) atoms. The van der Waals surface area contributed by atoms with Crippen LogP contribution in [0.2, 0.25) is 0 Å². The molecule has 3 heterocycles. The summed E-state index contributed by atoms with van der Waals surface area (Å²) in [5.74, 6) is -2.27. The van der Waals surface area contributed by atoms with E-state index in [2.05, 4.69) is 15.6 Å². The zero-order valence-corrected chi connectivity index (χ0v) is 30.7. The van der Waals surface area contributed by atoms with Crippen LogP contribution >= 0.6 is 0 Å². The number of cyclic esters (lactones) is 1. The Morgan fingerprint density at radius 1 is 1.18 bits per heavy atom. The minimum atomic E-state index is -3.84. The number of sulfone groups is 1. The Morgan fingerprint density at radius 2 is 1.90 bits per heavy atom. The first-order valence-electron chi connectivity index (χ1n) is 17.3. The standard InChI is InChI=1S/C35H55N5O8S/c1-8-39(9-2)17-18-49(45,46)29-14-16-40-32(29)35(44)48-33(23(3)4)25(6)12-13-30(42)37-15-10-11-24(5)19-27(41)20-26(36-7)21-31-38-28(22-47-31)34(40)43/h10-13,19,22-23,25-27,29,32-33,36,41H,8-9,14-18,20-21H2,1-7H3,(H,37,42)/b11-10+,13-12+,24-19+/t25-,26+,27-,29-,32-,33-/m1/s1. The highest BCUT2D eigenvalue weighted by Gasteiger charge is 2.50. The number of allylic oxidation sites excluding steroid dienone is 2. The topological polar surface area (TPSA) is 171 Å². The van der Waals surface area contributed by atoms with Crippen LogP contribution < -0.4 is 10.6 Å². The average molecular weight is 706 g/mol. The van der Waals surface area contributed by atoms with Gasteiger partial charge in [0, 0.05) is 38.0 Å². The summed E-state index contributed by atoms with van der Waals surface area (Å²) in [6.07, 6.45) is 8.73. The molecule has 274 valence electrons. The van der Waals surface area contributed by atoms with Gasteiger partial charge in [0.25, 0.3) is 5.91 Å². The van der Waals surface area contributed by atoms with Gasteiger partial charge in [0.2, 0.25) is 5.91 Å². The van der Waals surface area contributed by atoms with E-state index in [9.17, 15) is 27.9 Å². The molecule has 1 saturated heterocycles. The number of carbonyl (C=O) groups is 3. The molecule has 1 aromatic rings. The van der Waals surface area contributed by atoms with Crippen molar-refractivity contribution < 1.29 is 37.1 Å². The first-order valence-corrected chi connectivity index (χ1v) is 19.0. The maximum atomic E-state index is 14.1. The molecule has 6 atom stereocenters. The second kappa shape index (κ2) is 18.6. The van der Waals surface area contributed by atoms with E-state index in [1.165, 1.54) is 17.2 Å². The van der Waals surface area contributed by atoms with E-state index in [4.69, 9.17) is 9.15 Å². The molecule has 0 unspecified atom stereocenters. The summed E-state index contributed by atoms with van der Waals surface area (Å²) in [7, 11) is -2.09. The monoisotopic (exact) mass is 705 g/mol. The molecule has 2 bridgehead atoms. The third-order valence-corrected chi connectivity index (χ3v) is 11.4. The second-order valence-electron chi connectivity index (χ2n) is 13.2. The summed E-state index contributed by atoms with van der Waals surface area (Å²) in [5.41, 5.74) is 0.768. The number of hydrogen-bond donors (Lipinski definition) is 3.